The maximum absolute atomic E-state index is 12.1. The fraction of sp³-hybridized carbons (Fsp3) is 0.677. The molecule has 3 unspecified atom stereocenters. The highest BCUT2D eigenvalue weighted by atomic mass is 16.7. The summed E-state index contributed by atoms with van der Waals surface area (Å²) in [5.74, 6) is 0.181. The fourth-order valence-corrected chi connectivity index (χ4v) is 8.88. The lowest BCUT2D eigenvalue weighted by Crippen LogP contribution is -2.55. The second kappa shape index (κ2) is 8.92. The van der Waals surface area contributed by atoms with Gasteiger partial charge >= 0.3 is 0 Å². The highest BCUT2D eigenvalue weighted by molar-refractivity contribution is 5.50. The van der Waals surface area contributed by atoms with Crippen LogP contribution in [0, 0.1) is 17.3 Å². The number of aliphatic hydroxyl groups excluding tert-OH is 1. The number of aliphatic hydroxyl groups is 3. The van der Waals surface area contributed by atoms with E-state index in [0.29, 0.717) is 37.9 Å². The Morgan fingerprint density at radius 3 is 2.43 bits per heavy atom. The monoisotopic (exact) mass is 509 g/mol. The number of benzene rings is 1. The van der Waals surface area contributed by atoms with Crippen LogP contribution in [-0.2, 0) is 9.47 Å². The van der Waals surface area contributed by atoms with Crippen molar-refractivity contribution in [1.29, 1.82) is 0 Å². The van der Waals surface area contributed by atoms with E-state index in [1.165, 1.54) is 16.7 Å². The zero-order chi connectivity index (χ0) is 26.1. The molecule has 4 fully saturated rings. The Morgan fingerprint density at radius 1 is 1.03 bits per heavy atom. The van der Waals surface area contributed by atoms with Crippen molar-refractivity contribution >= 4 is 5.69 Å². The van der Waals surface area contributed by atoms with E-state index in [1.54, 1.807) is 6.08 Å². The first-order valence-electron chi connectivity index (χ1n) is 14.2. The maximum atomic E-state index is 12.1. The Morgan fingerprint density at radius 2 is 1.76 bits per heavy atom. The molecule has 1 spiro atoms. The lowest BCUT2D eigenvalue weighted by Gasteiger charge is -2.57. The van der Waals surface area contributed by atoms with Crippen LogP contribution in [0.5, 0.6) is 0 Å². The van der Waals surface area contributed by atoms with Crippen LogP contribution in [0.2, 0.25) is 0 Å². The highest BCUT2D eigenvalue weighted by Gasteiger charge is 2.64. The average Bonchev–Trinajstić information content (AvgIpc) is 3.43. The lowest BCUT2D eigenvalue weighted by atomic mass is 9.49. The second-order valence-electron chi connectivity index (χ2n) is 12.7. The van der Waals surface area contributed by atoms with Gasteiger partial charge in [-0.3, -0.25) is 0 Å². The standard InChI is InChI=1S/C31H43NO5/c1-28-19-24(21-5-7-22(8-6-21)32(2)3)27-23(25(28)10-14-30(28,35)12-4-16-33)9-13-29(34)20-31(15-11-26(27)29)36-17-18-37-31/h4-8,12,23-25,33-35H,9-11,13-20H2,1-3H3/b12-4-/t23-,24?,25-,28-,29?,30?/m0/s1. The fourth-order valence-electron chi connectivity index (χ4n) is 8.88. The van der Waals surface area contributed by atoms with Gasteiger partial charge in [0.2, 0.25) is 0 Å². The van der Waals surface area contributed by atoms with Crippen molar-refractivity contribution in [1.82, 2.24) is 0 Å². The number of allylic oxidation sites excluding steroid dienone is 1. The van der Waals surface area contributed by atoms with E-state index in [-0.39, 0.29) is 17.9 Å². The Bertz CT molecular complexity index is 1090. The summed E-state index contributed by atoms with van der Waals surface area (Å²) in [6.07, 6.45) is 9.82. The van der Waals surface area contributed by atoms with Crippen LogP contribution in [-0.4, -0.2) is 66.2 Å². The van der Waals surface area contributed by atoms with Gasteiger partial charge in [0.15, 0.2) is 5.79 Å². The van der Waals surface area contributed by atoms with Crippen molar-refractivity contribution in [2.45, 2.75) is 81.2 Å². The molecular formula is C31H43NO5. The van der Waals surface area contributed by atoms with Gasteiger partial charge in [-0.1, -0.05) is 36.8 Å². The van der Waals surface area contributed by atoms with Crippen molar-refractivity contribution in [2.75, 3.05) is 38.8 Å². The molecule has 202 valence electrons. The molecule has 1 aromatic rings. The predicted octanol–water partition coefficient (Wildman–Crippen LogP) is 4.30. The van der Waals surface area contributed by atoms with Crippen molar-refractivity contribution < 1.29 is 24.8 Å². The normalized spacial score (nSPS) is 40.6. The van der Waals surface area contributed by atoms with E-state index in [0.717, 1.165) is 44.2 Å². The van der Waals surface area contributed by atoms with Gasteiger partial charge in [-0.2, -0.15) is 0 Å². The summed E-state index contributed by atoms with van der Waals surface area (Å²) < 4.78 is 12.1. The van der Waals surface area contributed by atoms with Crippen LogP contribution in [0.25, 0.3) is 0 Å². The van der Waals surface area contributed by atoms with Gasteiger partial charge in [-0.25, -0.2) is 0 Å². The molecule has 6 heteroatoms. The third-order valence-electron chi connectivity index (χ3n) is 10.8. The summed E-state index contributed by atoms with van der Waals surface area (Å²) in [6.45, 7) is 3.42. The summed E-state index contributed by atoms with van der Waals surface area (Å²) in [6, 6.07) is 8.85. The molecule has 6 atom stereocenters. The second-order valence-corrected chi connectivity index (χ2v) is 12.7. The van der Waals surface area contributed by atoms with E-state index in [9.17, 15) is 15.3 Å². The van der Waals surface area contributed by atoms with E-state index >= 15 is 0 Å². The van der Waals surface area contributed by atoms with E-state index in [1.807, 2.05) is 6.08 Å². The quantitative estimate of drug-likeness (QED) is 0.525. The lowest BCUT2D eigenvalue weighted by molar-refractivity contribution is -0.208. The molecule has 1 saturated heterocycles. The molecular weight excluding hydrogens is 466 g/mol. The summed E-state index contributed by atoms with van der Waals surface area (Å²) in [4.78, 5) is 2.11. The topological polar surface area (TPSA) is 82.4 Å². The molecule has 0 amide bonds. The van der Waals surface area contributed by atoms with Gasteiger partial charge in [-0.05, 0) is 73.6 Å². The smallest absolute Gasteiger partial charge is 0.171 e. The van der Waals surface area contributed by atoms with Crippen LogP contribution in [0.15, 0.2) is 47.6 Å². The summed E-state index contributed by atoms with van der Waals surface area (Å²) in [5.41, 5.74) is 2.94. The van der Waals surface area contributed by atoms with Gasteiger partial charge in [0.25, 0.3) is 0 Å². The zero-order valence-electron chi connectivity index (χ0n) is 22.6. The van der Waals surface area contributed by atoms with Gasteiger partial charge in [0.1, 0.15) is 0 Å². The molecule has 6 nitrogen and oxygen atoms in total. The minimum atomic E-state index is -0.936. The number of rotatable bonds is 4. The first kappa shape index (κ1) is 25.6. The first-order valence-corrected chi connectivity index (χ1v) is 14.2. The van der Waals surface area contributed by atoms with Crippen molar-refractivity contribution in [3.05, 3.63) is 53.1 Å². The van der Waals surface area contributed by atoms with Gasteiger partial charge in [0.05, 0.1) is 31.0 Å². The third kappa shape index (κ3) is 3.86. The molecule has 5 aliphatic rings. The van der Waals surface area contributed by atoms with Crippen molar-refractivity contribution in [2.24, 2.45) is 17.3 Å². The maximum Gasteiger partial charge on any atom is 0.171 e. The van der Waals surface area contributed by atoms with E-state index in [2.05, 4.69) is 50.2 Å². The van der Waals surface area contributed by atoms with Gasteiger partial charge in [-0.15, -0.1) is 0 Å². The SMILES string of the molecule is CN(C)c1ccc(C2C[C@@]3(C)[C@@H](CCC3(O)/C=C\CO)[C@@H]3CCC4(O)CC5(CCC4=C23)OCCO5)cc1. The molecule has 6 rings (SSSR count). The molecule has 1 aliphatic heterocycles. The van der Waals surface area contributed by atoms with Crippen LogP contribution in [0.4, 0.5) is 5.69 Å². The predicted molar refractivity (Wildman–Crippen MR) is 143 cm³/mol. The van der Waals surface area contributed by atoms with Crippen molar-refractivity contribution in [3.8, 4) is 0 Å². The highest BCUT2D eigenvalue weighted by Crippen LogP contribution is 2.68. The summed E-state index contributed by atoms with van der Waals surface area (Å²) in [7, 11) is 4.11. The number of anilines is 1. The average molecular weight is 510 g/mol. The number of hydrogen-bond donors (Lipinski definition) is 3. The molecule has 3 N–H and O–H groups in total. The Balaban J connectivity index is 1.47. The number of nitrogens with zero attached hydrogens (tertiary/aromatic N) is 1. The van der Waals surface area contributed by atoms with E-state index < -0.39 is 17.0 Å². The molecule has 3 saturated carbocycles. The van der Waals surface area contributed by atoms with E-state index in [4.69, 9.17) is 9.47 Å². The Kier molecular flexibility index (Phi) is 6.16. The molecule has 4 aliphatic carbocycles. The zero-order valence-corrected chi connectivity index (χ0v) is 22.6. The number of fused-ring (bicyclic) bond motifs is 4. The largest absolute Gasteiger partial charge is 0.392 e. The number of ether oxygens (including phenoxy) is 2. The van der Waals surface area contributed by atoms with Crippen molar-refractivity contribution in [3.63, 3.8) is 0 Å². The molecule has 0 bridgehead atoms. The van der Waals surface area contributed by atoms with Crippen LogP contribution >= 0.6 is 0 Å². The third-order valence-corrected chi connectivity index (χ3v) is 10.8. The minimum absolute atomic E-state index is 0.0594. The number of hydrogen-bond acceptors (Lipinski definition) is 6. The molecule has 0 radical (unpaired) electrons. The Hall–Kier alpha value is -1.70. The molecule has 37 heavy (non-hydrogen) atoms. The van der Waals surface area contributed by atoms with Gasteiger partial charge < -0.3 is 29.7 Å². The van der Waals surface area contributed by atoms with Gasteiger partial charge in [0, 0.05) is 44.0 Å². The summed E-state index contributed by atoms with van der Waals surface area (Å²) in [5, 5.41) is 33.6. The molecule has 1 aromatic carbocycles. The van der Waals surface area contributed by atoms with Crippen LogP contribution < -0.4 is 4.90 Å². The van der Waals surface area contributed by atoms with Crippen LogP contribution in [0.1, 0.15) is 69.8 Å². The first-order chi connectivity index (χ1) is 17.6. The Labute approximate surface area is 221 Å². The summed E-state index contributed by atoms with van der Waals surface area (Å²) >= 11 is 0. The molecule has 1 heterocycles. The minimum Gasteiger partial charge on any atom is -0.392 e. The van der Waals surface area contributed by atoms with Crippen LogP contribution in [0.3, 0.4) is 0 Å². The molecule has 0 aromatic heterocycles.